The highest BCUT2D eigenvalue weighted by molar-refractivity contribution is 5.82. The minimum Gasteiger partial charge on any atom is -0.355 e. The molecule has 1 saturated heterocycles. The molecule has 4 N–H and O–H groups in total. The van der Waals surface area contributed by atoms with E-state index < -0.39 is 0 Å². The first-order valence-electron chi connectivity index (χ1n) is 6.16. The molecule has 1 aliphatic heterocycles. The normalized spacial score (nSPS) is 17.5. The van der Waals surface area contributed by atoms with Crippen molar-refractivity contribution in [1.29, 1.82) is 0 Å². The van der Waals surface area contributed by atoms with Crippen molar-refractivity contribution in [2.24, 2.45) is 11.7 Å². The van der Waals surface area contributed by atoms with Crippen molar-refractivity contribution in [3.05, 3.63) is 16.8 Å². The Morgan fingerprint density at radius 3 is 2.83 bits per heavy atom. The maximum atomic E-state index is 11.3. The second-order valence-corrected chi connectivity index (χ2v) is 4.67. The van der Waals surface area contributed by atoms with E-state index in [-0.39, 0.29) is 5.69 Å². The molecule has 0 unspecified atom stereocenters. The van der Waals surface area contributed by atoms with Crippen molar-refractivity contribution < 1.29 is 0 Å². The summed E-state index contributed by atoms with van der Waals surface area (Å²) in [6.45, 7) is 2.58. The third kappa shape index (κ3) is 1.86. The number of H-pyrrole nitrogens is 2. The molecule has 7 nitrogen and oxygen atoms in total. The standard InChI is InChI=1S/C11H16N6O/c12-5-7-1-3-17(4-2-7)10-8-9(13-6-14-10)16-11(18)15-8/h6-7H,1-5,12H2,(H2,13,14,15,16,18). The number of rotatable bonds is 2. The molecule has 0 amide bonds. The maximum absolute atomic E-state index is 11.3. The number of nitrogens with zero attached hydrogens (tertiary/aromatic N) is 3. The molecule has 1 aliphatic rings. The molecule has 0 spiro atoms. The Kier molecular flexibility index (Phi) is 2.75. The van der Waals surface area contributed by atoms with Crippen LogP contribution in [0.15, 0.2) is 11.1 Å². The Morgan fingerprint density at radius 1 is 1.33 bits per heavy atom. The van der Waals surface area contributed by atoms with Gasteiger partial charge in [0.25, 0.3) is 0 Å². The molecule has 96 valence electrons. The van der Waals surface area contributed by atoms with Crippen molar-refractivity contribution in [2.45, 2.75) is 12.8 Å². The average molecular weight is 248 g/mol. The van der Waals surface area contributed by atoms with Gasteiger partial charge in [0.1, 0.15) is 11.8 Å². The average Bonchev–Trinajstić information content (AvgIpc) is 2.79. The second-order valence-electron chi connectivity index (χ2n) is 4.67. The van der Waals surface area contributed by atoms with Gasteiger partial charge in [0.15, 0.2) is 11.5 Å². The lowest BCUT2D eigenvalue weighted by atomic mass is 9.97. The Balaban J connectivity index is 1.93. The first-order valence-corrected chi connectivity index (χ1v) is 6.16. The van der Waals surface area contributed by atoms with Gasteiger partial charge in [0.05, 0.1) is 0 Å². The molecule has 7 heteroatoms. The molecule has 0 bridgehead atoms. The fourth-order valence-corrected chi connectivity index (χ4v) is 2.46. The van der Waals surface area contributed by atoms with Gasteiger partial charge in [-0.3, -0.25) is 4.98 Å². The molecule has 0 aromatic carbocycles. The summed E-state index contributed by atoms with van der Waals surface area (Å²) in [5.41, 5.74) is 6.69. The predicted molar refractivity (Wildman–Crippen MR) is 68.5 cm³/mol. The molecule has 0 saturated carbocycles. The molecular formula is C11H16N6O. The quantitative estimate of drug-likeness (QED) is 0.684. The molecule has 0 atom stereocenters. The van der Waals surface area contributed by atoms with E-state index in [4.69, 9.17) is 5.73 Å². The summed E-state index contributed by atoms with van der Waals surface area (Å²) < 4.78 is 0. The summed E-state index contributed by atoms with van der Waals surface area (Å²) in [4.78, 5) is 27.2. The highest BCUT2D eigenvalue weighted by atomic mass is 16.1. The van der Waals surface area contributed by atoms with E-state index in [1.54, 1.807) is 0 Å². The lowest BCUT2D eigenvalue weighted by molar-refractivity contribution is 0.413. The van der Waals surface area contributed by atoms with Gasteiger partial charge in [-0.25, -0.2) is 14.8 Å². The van der Waals surface area contributed by atoms with E-state index in [0.717, 1.165) is 38.3 Å². The van der Waals surface area contributed by atoms with Gasteiger partial charge >= 0.3 is 5.69 Å². The first-order chi connectivity index (χ1) is 8.78. The van der Waals surface area contributed by atoms with Crippen LogP contribution in [0.5, 0.6) is 0 Å². The summed E-state index contributed by atoms with van der Waals surface area (Å²) in [5.74, 6) is 1.40. The van der Waals surface area contributed by atoms with Crippen molar-refractivity contribution >= 4 is 17.0 Å². The first kappa shape index (κ1) is 11.2. The van der Waals surface area contributed by atoms with Gasteiger partial charge in [0, 0.05) is 13.1 Å². The smallest absolute Gasteiger partial charge is 0.325 e. The Labute approximate surface area is 103 Å². The fourth-order valence-electron chi connectivity index (χ4n) is 2.46. The van der Waals surface area contributed by atoms with Crippen LogP contribution in [0.1, 0.15) is 12.8 Å². The molecule has 3 rings (SSSR count). The zero-order valence-corrected chi connectivity index (χ0v) is 10.0. The minimum atomic E-state index is -0.247. The Hall–Kier alpha value is -1.89. The van der Waals surface area contributed by atoms with E-state index in [1.165, 1.54) is 6.33 Å². The number of anilines is 1. The van der Waals surface area contributed by atoms with Crippen LogP contribution in [0.3, 0.4) is 0 Å². The number of hydrogen-bond acceptors (Lipinski definition) is 5. The summed E-state index contributed by atoms with van der Waals surface area (Å²) in [6, 6.07) is 0. The molecule has 0 aliphatic carbocycles. The SMILES string of the molecule is NCC1CCN(c2ncnc3[nH]c(=O)[nH]c23)CC1. The lowest BCUT2D eigenvalue weighted by Gasteiger charge is -2.32. The third-order valence-corrected chi connectivity index (χ3v) is 3.55. The van der Waals surface area contributed by atoms with Crippen LogP contribution in [0, 0.1) is 5.92 Å². The highest BCUT2D eigenvalue weighted by Crippen LogP contribution is 2.24. The topological polar surface area (TPSA) is 104 Å². The number of piperidine rings is 1. The van der Waals surface area contributed by atoms with Gasteiger partial charge in [-0.1, -0.05) is 0 Å². The van der Waals surface area contributed by atoms with Crippen LogP contribution in [0.4, 0.5) is 5.82 Å². The number of hydrogen-bond donors (Lipinski definition) is 3. The van der Waals surface area contributed by atoms with Crippen molar-refractivity contribution in [3.8, 4) is 0 Å². The number of nitrogens with one attached hydrogen (secondary N) is 2. The molecule has 2 aromatic rings. The third-order valence-electron chi connectivity index (χ3n) is 3.55. The predicted octanol–water partition coefficient (Wildman–Crippen LogP) is -0.179. The lowest BCUT2D eigenvalue weighted by Crippen LogP contribution is -2.36. The number of aromatic amines is 2. The Morgan fingerprint density at radius 2 is 2.11 bits per heavy atom. The van der Waals surface area contributed by atoms with Gasteiger partial charge < -0.3 is 15.6 Å². The van der Waals surface area contributed by atoms with Crippen LogP contribution in [-0.4, -0.2) is 39.6 Å². The molecule has 2 aromatic heterocycles. The van der Waals surface area contributed by atoms with Gasteiger partial charge in [0.2, 0.25) is 0 Å². The highest BCUT2D eigenvalue weighted by Gasteiger charge is 2.21. The van der Waals surface area contributed by atoms with Crippen molar-refractivity contribution in [2.75, 3.05) is 24.5 Å². The number of imidazole rings is 1. The second kappa shape index (κ2) is 4.41. The molecule has 1 fully saturated rings. The number of aromatic nitrogens is 4. The van der Waals surface area contributed by atoms with Gasteiger partial charge in [-0.2, -0.15) is 0 Å². The van der Waals surface area contributed by atoms with Crippen LogP contribution in [0.2, 0.25) is 0 Å². The molecule has 0 radical (unpaired) electrons. The van der Waals surface area contributed by atoms with Crippen molar-refractivity contribution in [3.63, 3.8) is 0 Å². The van der Waals surface area contributed by atoms with E-state index in [9.17, 15) is 4.79 Å². The maximum Gasteiger partial charge on any atom is 0.325 e. The van der Waals surface area contributed by atoms with Crippen LogP contribution < -0.4 is 16.3 Å². The van der Waals surface area contributed by atoms with E-state index in [2.05, 4.69) is 24.8 Å². The van der Waals surface area contributed by atoms with Crippen LogP contribution in [0.25, 0.3) is 11.2 Å². The van der Waals surface area contributed by atoms with E-state index in [1.807, 2.05) is 0 Å². The van der Waals surface area contributed by atoms with E-state index >= 15 is 0 Å². The van der Waals surface area contributed by atoms with Gasteiger partial charge in [-0.05, 0) is 25.3 Å². The largest absolute Gasteiger partial charge is 0.355 e. The fraction of sp³-hybridized carbons (Fsp3) is 0.545. The summed E-state index contributed by atoms with van der Waals surface area (Å²) in [5, 5.41) is 0. The van der Waals surface area contributed by atoms with Crippen LogP contribution in [-0.2, 0) is 0 Å². The summed E-state index contributed by atoms with van der Waals surface area (Å²) in [7, 11) is 0. The Bertz CT molecular complexity index is 595. The number of nitrogens with two attached hydrogens (primary N) is 1. The summed E-state index contributed by atoms with van der Waals surface area (Å²) >= 11 is 0. The van der Waals surface area contributed by atoms with Crippen molar-refractivity contribution in [1.82, 2.24) is 19.9 Å². The van der Waals surface area contributed by atoms with E-state index in [0.29, 0.717) is 17.1 Å². The van der Waals surface area contributed by atoms with Gasteiger partial charge in [-0.15, -0.1) is 0 Å². The van der Waals surface area contributed by atoms with Crippen LogP contribution >= 0.6 is 0 Å². The molecule has 18 heavy (non-hydrogen) atoms. The molecular weight excluding hydrogens is 232 g/mol. The summed E-state index contributed by atoms with van der Waals surface area (Å²) in [6.07, 6.45) is 3.61. The number of fused-ring (bicyclic) bond motifs is 1. The minimum absolute atomic E-state index is 0.247. The monoisotopic (exact) mass is 248 g/mol. The zero-order chi connectivity index (χ0) is 12.5. The molecule has 3 heterocycles. The zero-order valence-electron chi connectivity index (χ0n) is 10.0.